The van der Waals surface area contributed by atoms with E-state index in [-0.39, 0.29) is 11.6 Å². The average Bonchev–Trinajstić information content (AvgIpc) is 3.21. The van der Waals surface area contributed by atoms with Gasteiger partial charge in [-0.1, -0.05) is 11.3 Å². The van der Waals surface area contributed by atoms with Gasteiger partial charge in [-0.25, -0.2) is 4.98 Å². The number of hydrogen-bond acceptors (Lipinski definition) is 8. The van der Waals surface area contributed by atoms with Gasteiger partial charge in [0.1, 0.15) is 5.75 Å². The van der Waals surface area contributed by atoms with Crippen LogP contribution in [0.5, 0.6) is 5.75 Å². The fourth-order valence-electron chi connectivity index (χ4n) is 3.21. The Hall–Kier alpha value is -2.85. The molecule has 4 rings (SSSR count). The third kappa shape index (κ3) is 4.49. The van der Waals surface area contributed by atoms with Crippen LogP contribution < -0.4 is 9.64 Å². The number of thiazole rings is 1. The molecule has 0 atom stereocenters. The average molecular weight is 445 g/mol. The monoisotopic (exact) mass is 444 g/mol. The third-order valence-electron chi connectivity index (χ3n) is 4.90. The lowest BCUT2D eigenvalue weighted by atomic mass is 10.3. The van der Waals surface area contributed by atoms with Crippen LogP contribution in [0.2, 0.25) is 0 Å². The number of carbonyl (C=O) groups is 1. The Morgan fingerprint density at radius 3 is 2.60 bits per heavy atom. The number of nitrogens with zero attached hydrogens (tertiary/aromatic N) is 4. The fourth-order valence-corrected chi connectivity index (χ4v) is 5.06. The molecule has 0 bridgehead atoms. The van der Waals surface area contributed by atoms with Crippen LogP contribution in [-0.2, 0) is 4.79 Å². The lowest BCUT2D eigenvalue weighted by Crippen LogP contribution is -2.49. The predicted octanol–water partition coefficient (Wildman–Crippen LogP) is 3.65. The first-order chi connectivity index (χ1) is 14.5. The fraction of sp³-hybridized carbons (Fsp3) is 0.300. The predicted molar refractivity (Wildman–Crippen MR) is 119 cm³/mol. The van der Waals surface area contributed by atoms with Crippen LogP contribution in [0.3, 0.4) is 0 Å². The molecule has 0 unspecified atom stereocenters. The second kappa shape index (κ2) is 8.88. The summed E-state index contributed by atoms with van der Waals surface area (Å²) in [6.07, 6.45) is 0. The molecule has 2 heterocycles. The van der Waals surface area contributed by atoms with Crippen LogP contribution in [0.4, 0.5) is 10.8 Å². The van der Waals surface area contributed by atoms with Crippen molar-refractivity contribution in [3.63, 3.8) is 0 Å². The summed E-state index contributed by atoms with van der Waals surface area (Å²) in [6, 6.07) is 12.4. The number of benzene rings is 2. The number of piperazine rings is 1. The van der Waals surface area contributed by atoms with Crippen LogP contribution in [0.15, 0.2) is 47.4 Å². The lowest BCUT2D eigenvalue weighted by molar-refractivity contribution is -0.384. The zero-order valence-electron chi connectivity index (χ0n) is 16.3. The third-order valence-corrected chi connectivity index (χ3v) is 6.97. The maximum Gasteiger partial charge on any atom is 0.270 e. The number of rotatable bonds is 6. The van der Waals surface area contributed by atoms with Gasteiger partial charge >= 0.3 is 0 Å². The highest BCUT2D eigenvalue weighted by Gasteiger charge is 2.23. The zero-order chi connectivity index (χ0) is 21.1. The van der Waals surface area contributed by atoms with Gasteiger partial charge in [0, 0.05) is 43.2 Å². The number of nitro groups is 1. The van der Waals surface area contributed by atoms with Crippen LogP contribution in [-0.4, -0.2) is 59.8 Å². The largest absolute Gasteiger partial charge is 0.497 e. The summed E-state index contributed by atoms with van der Waals surface area (Å²) in [5, 5.41) is 11.8. The van der Waals surface area contributed by atoms with Gasteiger partial charge in [-0.2, -0.15) is 0 Å². The molecule has 0 N–H and O–H groups in total. The van der Waals surface area contributed by atoms with Gasteiger partial charge in [-0.15, -0.1) is 11.8 Å². The van der Waals surface area contributed by atoms with Gasteiger partial charge in [-0.3, -0.25) is 14.9 Å². The summed E-state index contributed by atoms with van der Waals surface area (Å²) in [4.78, 5) is 32.8. The highest BCUT2D eigenvalue weighted by atomic mass is 32.2. The lowest BCUT2D eigenvalue weighted by Gasteiger charge is -2.34. The van der Waals surface area contributed by atoms with E-state index in [9.17, 15) is 14.9 Å². The van der Waals surface area contributed by atoms with E-state index < -0.39 is 4.92 Å². The Morgan fingerprint density at radius 1 is 1.20 bits per heavy atom. The van der Waals surface area contributed by atoms with Gasteiger partial charge in [0.25, 0.3) is 5.69 Å². The Balaban J connectivity index is 1.32. The molecule has 0 aliphatic carbocycles. The molecule has 1 aliphatic rings. The molecule has 1 fully saturated rings. The van der Waals surface area contributed by atoms with E-state index in [2.05, 4.69) is 9.88 Å². The number of hydrogen-bond donors (Lipinski definition) is 0. The second-order valence-electron chi connectivity index (χ2n) is 6.74. The molecule has 0 spiro atoms. The molecule has 1 saturated heterocycles. The van der Waals surface area contributed by atoms with E-state index in [1.807, 2.05) is 29.2 Å². The molecule has 10 heteroatoms. The van der Waals surface area contributed by atoms with E-state index in [0.717, 1.165) is 26.0 Å². The summed E-state index contributed by atoms with van der Waals surface area (Å²) < 4.78 is 5.95. The van der Waals surface area contributed by atoms with Crippen molar-refractivity contribution in [3.8, 4) is 5.75 Å². The molecule has 2 aromatic carbocycles. The van der Waals surface area contributed by atoms with Crippen LogP contribution in [0, 0.1) is 10.1 Å². The van der Waals surface area contributed by atoms with Gasteiger partial charge in [0.05, 0.1) is 28.0 Å². The summed E-state index contributed by atoms with van der Waals surface area (Å²) in [7, 11) is 1.63. The molecule has 8 nitrogen and oxygen atoms in total. The highest BCUT2D eigenvalue weighted by Crippen LogP contribution is 2.32. The summed E-state index contributed by atoms with van der Waals surface area (Å²) in [5.41, 5.74) is 0.831. The highest BCUT2D eigenvalue weighted by molar-refractivity contribution is 8.00. The van der Waals surface area contributed by atoms with E-state index in [1.54, 1.807) is 19.2 Å². The molecule has 0 saturated carbocycles. The maximum atomic E-state index is 12.6. The van der Waals surface area contributed by atoms with Crippen molar-refractivity contribution in [1.29, 1.82) is 0 Å². The van der Waals surface area contributed by atoms with Crippen LogP contribution in [0.1, 0.15) is 0 Å². The van der Waals surface area contributed by atoms with Crippen molar-refractivity contribution in [2.45, 2.75) is 4.90 Å². The van der Waals surface area contributed by atoms with Gasteiger partial charge in [0.2, 0.25) is 5.91 Å². The summed E-state index contributed by atoms with van der Waals surface area (Å²) in [5.74, 6) is 1.32. The van der Waals surface area contributed by atoms with Crippen molar-refractivity contribution in [2.24, 2.45) is 0 Å². The number of nitro benzene ring substituents is 1. The number of fused-ring (bicyclic) bond motifs is 1. The van der Waals surface area contributed by atoms with Crippen molar-refractivity contribution in [2.75, 3.05) is 43.9 Å². The molecular weight excluding hydrogens is 424 g/mol. The minimum Gasteiger partial charge on any atom is -0.497 e. The van der Waals surface area contributed by atoms with Crippen molar-refractivity contribution < 1.29 is 14.5 Å². The van der Waals surface area contributed by atoms with Crippen molar-refractivity contribution >= 4 is 50.0 Å². The Bertz CT molecular complexity index is 1060. The number of methoxy groups -OCH3 is 1. The number of non-ortho nitro benzene ring substituents is 1. The molecule has 1 amide bonds. The first kappa shape index (κ1) is 20.4. The van der Waals surface area contributed by atoms with Crippen molar-refractivity contribution in [1.82, 2.24) is 9.88 Å². The standard InChI is InChI=1S/C20H20N4O4S2/c1-28-15-3-5-16(6-4-15)29-13-19(25)22-8-10-23(11-9-22)20-21-17-7-2-14(24(26)27)12-18(17)30-20/h2-7,12H,8-11,13H2,1H3. The molecule has 3 aromatic rings. The smallest absolute Gasteiger partial charge is 0.270 e. The van der Waals surface area contributed by atoms with E-state index in [0.29, 0.717) is 31.9 Å². The van der Waals surface area contributed by atoms with E-state index >= 15 is 0 Å². The maximum absolute atomic E-state index is 12.6. The number of aromatic nitrogens is 1. The summed E-state index contributed by atoms with van der Waals surface area (Å²) >= 11 is 2.97. The van der Waals surface area contributed by atoms with Crippen molar-refractivity contribution in [3.05, 3.63) is 52.6 Å². The number of ether oxygens (including phenoxy) is 1. The van der Waals surface area contributed by atoms with Crippen LogP contribution in [0.25, 0.3) is 10.2 Å². The first-order valence-electron chi connectivity index (χ1n) is 9.38. The van der Waals surface area contributed by atoms with Crippen LogP contribution >= 0.6 is 23.1 Å². The first-order valence-corrected chi connectivity index (χ1v) is 11.2. The number of carbonyl (C=O) groups excluding carboxylic acids is 1. The van der Waals surface area contributed by atoms with E-state index in [4.69, 9.17) is 4.74 Å². The van der Waals surface area contributed by atoms with E-state index in [1.165, 1.54) is 29.2 Å². The molecular formula is C20H20N4O4S2. The topological polar surface area (TPSA) is 88.8 Å². The number of anilines is 1. The molecule has 30 heavy (non-hydrogen) atoms. The molecule has 1 aliphatic heterocycles. The minimum atomic E-state index is -0.396. The molecule has 156 valence electrons. The molecule has 0 radical (unpaired) electrons. The van der Waals surface area contributed by atoms with Gasteiger partial charge in [0.15, 0.2) is 5.13 Å². The minimum absolute atomic E-state index is 0.0717. The van der Waals surface area contributed by atoms with Gasteiger partial charge in [-0.05, 0) is 30.3 Å². The number of thioether (sulfide) groups is 1. The normalized spacial score (nSPS) is 14.2. The Labute approximate surface area is 181 Å². The Morgan fingerprint density at radius 2 is 1.93 bits per heavy atom. The zero-order valence-corrected chi connectivity index (χ0v) is 17.9. The Kier molecular flexibility index (Phi) is 6.05. The summed E-state index contributed by atoms with van der Waals surface area (Å²) in [6.45, 7) is 2.66. The quantitative estimate of drug-likeness (QED) is 0.326. The molecule has 1 aromatic heterocycles. The van der Waals surface area contributed by atoms with Gasteiger partial charge < -0.3 is 14.5 Å². The second-order valence-corrected chi connectivity index (χ2v) is 8.80. The number of amides is 1. The SMILES string of the molecule is COc1ccc(SCC(=O)N2CCN(c3nc4ccc([N+](=O)[O-])cc4s3)CC2)cc1.